The molecule has 3 amide bonds. The van der Waals surface area contributed by atoms with Crippen LogP contribution in [-0.4, -0.2) is 163 Å². The third kappa shape index (κ3) is 40.8. The van der Waals surface area contributed by atoms with Crippen LogP contribution in [-0.2, 0) is 28.4 Å². The topological polar surface area (TPSA) is 326 Å². The second-order valence-electron chi connectivity index (χ2n) is 29.8. The minimum absolute atomic E-state index is 0.164. The van der Waals surface area contributed by atoms with E-state index in [2.05, 4.69) is 131 Å². The van der Waals surface area contributed by atoms with Gasteiger partial charge in [0.2, 0.25) is 0 Å². The Morgan fingerprint density at radius 2 is 0.873 bits per heavy atom. The lowest BCUT2D eigenvalue weighted by molar-refractivity contribution is -0.0295. The van der Waals surface area contributed by atoms with Crippen LogP contribution in [0.2, 0.25) is 0 Å². The van der Waals surface area contributed by atoms with E-state index in [0.717, 1.165) is 52.5 Å². The number of nitrogens with zero attached hydrogens (tertiary/aromatic N) is 12. The summed E-state index contributed by atoms with van der Waals surface area (Å²) in [5, 5.41) is 9.12. The summed E-state index contributed by atoms with van der Waals surface area (Å²) in [5.74, 6) is 1.54. The number of hydrogen-bond acceptors (Lipinski definition) is 21. The number of amides is 3. The van der Waals surface area contributed by atoms with Crippen LogP contribution >= 0.6 is 70.4 Å². The first kappa shape index (κ1) is 100. The van der Waals surface area contributed by atoms with Crippen molar-refractivity contribution in [2.45, 2.75) is 158 Å². The molecule has 0 bridgehead atoms. The molecule has 11 aromatic heterocycles. The first-order valence-electron chi connectivity index (χ1n) is 37.0. The number of ether oxygens (including phenoxy) is 6. The molecule has 11 rings (SSSR count). The number of pyridine rings is 8. The van der Waals surface area contributed by atoms with E-state index in [1.807, 2.05) is 115 Å². The molecule has 27 nitrogen and oxygen atoms in total. The minimum atomic E-state index is -1.06. The van der Waals surface area contributed by atoms with E-state index in [0.29, 0.717) is 52.6 Å². The highest BCUT2D eigenvalue weighted by Gasteiger charge is 2.27. The zero-order chi connectivity index (χ0) is 87.7. The second-order valence-corrected chi connectivity index (χ2v) is 33.3. The first-order valence-corrected chi connectivity index (χ1v) is 40.9. The number of anilines is 5. The molecule has 638 valence electrons. The molecule has 11 aromatic rings. The monoisotopic (exact) mass is 1940 g/mol. The maximum Gasteiger partial charge on any atom is 0.519 e. The summed E-state index contributed by atoms with van der Waals surface area (Å²) >= 11 is 11.8. The lowest BCUT2D eigenvalue weighted by Gasteiger charge is -2.27. The summed E-state index contributed by atoms with van der Waals surface area (Å²) in [6, 6.07) is 29.9. The minimum Gasteiger partial charge on any atom is -0.444 e. The molecule has 0 radical (unpaired) electrons. The molecule has 5 N–H and O–H groups in total. The smallest absolute Gasteiger partial charge is 0.444 e. The Hall–Kier alpha value is -10.1. The van der Waals surface area contributed by atoms with Gasteiger partial charge >= 0.3 is 30.6 Å². The van der Waals surface area contributed by atoms with Gasteiger partial charge in [-0.3, -0.25) is 56.8 Å². The number of carbonyl (C=O) groups excluding carboxylic acids is 5. The molecule has 0 aromatic carbocycles. The van der Waals surface area contributed by atoms with Crippen LogP contribution in [0.5, 0.6) is 0 Å². The number of aromatic amines is 1. The zero-order valence-corrected chi connectivity index (χ0v) is 75.7. The highest BCUT2D eigenvalue weighted by atomic mass is 127. The fraction of sp³-hybridized carbons (Fsp3) is 0.386. The summed E-state index contributed by atoms with van der Waals surface area (Å²) in [7, 11) is 0. The van der Waals surface area contributed by atoms with Gasteiger partial charge in [0.05, 0.1) is 121 Å². The van der Waals surface area contributed by atoms with E-state index in [1.54, 1.807) is 181 Å². The number of H-pyrrole nitrogens is 1. The quantitative estimate of drug-likeness (QED) is 0.00961. The number of fused-ring (bicyclic) bond motifs is 3. The number of hydrogen-bond donors (Lipinski definition) is 4. The Morgan fingerprint density at radius 1 is 0.458 bits per heavy atom. The van der Waals surface area contributed by atoms with Crippen LogP contribution in [0.25, 0.3) is 44.3 Å². The van der Waals surface area contributed by atoms with Crippen molar-refractivity contribution < 1.29 is 70.0 Å². The van der Waals surface area contributed by atoms with Gasteiger partial charge in [-0.25, -0.2) is 48.9 Å². The fourth-order valence-corrected chi connectivity index (χ4v) is 10.0. The third-order valence-corrected chi connectivity index (χ3v) is 16.1. The molecule has 0 aliphatic carbocycles. The van der Waals surface area contributed by atoms with Crippen molar-refractivity contribution in [2.24, 2.45) is 0 Å². The van der Waals surface area contributed by atoms with Crippen LogP contribution < -0.4 is 26.2 Å². The zero-order valence-electron chi connectivity index (χ0n) is 68.8. The summed E-state index contributed by atoms with van der Waals surface area (Å²) in [4.78, 5) is 96.9. The average molecular weight is 1940 g/mol. The number of aromatic nitrogens is 11. The predicted octanol–water partition coefficient (Wildman–Crippen LogP) is 22.5. The Bertz CT molecular complexity index is 4700. The lowest BCUT2D eigenvalue weighted by atomic mass is 10.2. The van der Waals surface area contributed by atoms with Gasteiger partial charge in [-0.15, -0.1) is 0 Å². The standard InChI is InChI=1S/C20H23FN4O2.C15H15FN4.C13H18BrFN2O2.C10H13BrN2O2.C10H18O5.C7H6N2.C5H5BrN2.C3H6FI/c1-20(2,3)27-19(26)24(11-4-9-21)16-5-6-18(23-13-16)25-12-8-15-7-10-22-14-17(15)25;16-6-1-7-18-13-2-3-15(19-10-13)20-9-5-12-4-8-17-11-14(12)20;1-13(2,3)19-12(18)17(8-4-7-15)10-5-6-11(14)16-9-10;1-10(2,3)15-9(14)13-7-4-5-8(11)12-6-7;1-9(2,3)14-7(11)13-8(12)15-10(4,5)6;1-3-8-5-7-6(1)2-4-9-7;6-5-2-1-4(7)3-8-5;4-2-1-3-5/h5-8,10,12-14H,4,9,11H2,1-3H3;2-5,8-11,18H,1,6-7H2;5-6,9H,4,7-8H2,1-3H3;4-6H,1-3H3,(H,13,14);1-6H3;1-5,9H;1-3H,7H2;1-3H2. The molecular formula is C83H104Br3F4IN16O11. The van der Waals surface area contributed by atoms with E-state index in [-0.39, 0.29) is 39.3 Å². The third-order valence-electron chi connectivity index (χ3n) is 13.9. The van der Waals surface area contributed by atoms with Crippen molar-refractivity contribution in [3.05, 3.63) is 198 Å². The van der Waals surface area contributed by atoms with Crippen LogP contribution in [0, 0.1) is 0 Å². The van der Waals surface area contributed by atoms with Crippen LogP contribution in [0.4, 0.5) is 70.0 Å². The van der Waals surface area contributed by atoms with Crippen molar-refractivity contribution in [3.63, 3.8) is 0 Å². The van der Waals surface area contributed by atoms with E-state index in [9.17, 15) is 41.5 Å². The molecule has 0 unspecified atom stereocenters. The van der Waals surface area contributed by atoms with E-state index >= 15 is 0 Å². The summed E-state index contributed by atoms with van der Waals surface area (Å²) in [5.41, 5.74) is 8.65. The number of nitrogen functional groups attached to an aromatic ring is 1. The molecule has 0 fully saturated rings. The number of carbonyl (C=O) groups is 5. The molecule has 11 heterocycles. The highest BCUT2D eigenvalue weighted by molar-refractivity contribution is 14.1. The molecule has 0 aliphatic rings. The van der Waals surface area contributed by atoms with Crippen LogP contribution in [0.3, 0.4) is 0 Å². The van der Waals surface area contributed by atoms with Gasteiger partial charge in [-0.2, -0.15) is 0 Å². The maximum absolute atomic E-state index is 12.7. The number of nitrogens with one attached hydrogen (secondary N) is 3. The van der Waals surface area contributed by atoms with E-state index < -0.39 is 71.9 Å². The van der Waals surface area contributed by atoms with Crippen LogP contribution in [0.15, 0.2) is 198 Å². The van der Waals surface area contributed by atoms with Gasteiger partial charge in [0.15, 0.2) is 0 Å². The molecule has 0 aliphatic heterocycles. The Balaban J connectivity index is 0.000000294. The molecule has 118 heavy (non-hydrogen) atoms. The van der Waals surface area contributed by atoms with E-state index in [1.165, 1.54) is 15.2 Å². The lowest BCUT2D eigenvalue weighted by Crippen LogP contribution is -2.37. The van der Waals surface area contributed by atoms with Crippen molar-refractivity contribution >= 4 is 162 Å². The van der Waals surface area contributed by atoms with Gasteiger partial charge in [0.1, 0.15) is 53.5 Å². The number of rotatable bonds is 17. The van der Waals surface area contributed by atoms with E-state index in [4.69, 9.17) is 29.4 Å². The Morgan fingerprint density at radius 3 is 1.25 bits per heavy atom. The molecule has 0 saturated heterocycles. The van der Waals surface area contributed by atoms with Crippen molar-refractivity contribution in [1.29, 1.82) is 0 Å². The van der Waals surface area contributed by atoms with Gasteiger partial charge in [-0.05, 0) is 274 Å². The fourth-order valence-electron chi connectivity index (χ4n) is 9.02. The van der Waals surface area contributed by atoms with Gasteiger partial charge in [-0.1, -0.05) is 22.6 Å². The van der Waals surface area contributed by atoms with Gasteiger partial charge in [0.25, 0.3) is 0 Å². The number of nitrogens with two attached hydrogens (primary N) is 1. The van der Waals surface area contributed by atoms with Crippen molar-refractivity contribution in [1.82, 2.24) is 54.0 Å². The molecule has 0 spiro atoms. The molecular weight excluding hydrogens is 1840 g/mol. The molecule has 0 saturated carbocycles. The summed E-state index contributed by atoms with van der Waals surface area (Å²) in [6.45, 7) is 25.9. The van der Waals surface area contributed by atoms with Crippen molar-refractivity contribution in [2.75, 3.05) is 76.9 Å². The predicted molar refractivity (Wildman–Crippen MR) is 474 cm³/mol. The number of alkyl halides is 5. The van der Waals surface area contributed by atoms with Gasteiger partial charge in [0, 0.05) is 77.4 Å². The average Bonchev–Trinajstić information content (AvgIpc) is 1.66. The SMILES string of the molecule is CC(C)(C)OC(=O)N(CCCF)c1ccc(-n2ccc3ccncc32)nc1.CC(C)(C)OC(=O)N(CCCF)c1ccc(Br)nc1.CC(C)(C)OC(=O)Nc1ccc(Br)nc1.CC(C)(C)OC(=O)OC(=O)OC(C)(C)C.FCCCI.FCCCNc1ccc(-n2ccc3ccncc32)nc1.Nc1ccc(Br)nc1.c1cc2cc[nH]c2cn1. The second kappa shape index (κ2) is 50.6. The number of halogens is 8. The normalized spacial score (nSPS) is 10.9. The van der Waals surface area contributed by atoms with Gasteiger partial charge < -0.3 is 44.5 Å². The Labute approximate surface area is 724 Å². The Kier molecular flexibility index (Phi) is 43.0. The van der Waals surface area contributed by atoms with Crippen molar-refractivity contribution in [3.8, 4) is 11.6 Å². The first-order chi connectivity index (χ1) is 55.6. The largest absolute Gasteiger partial charge is 0.519 e. The maximum atomic E-state index is 12.7. The molecule has 0 atom stereocenters. The molecule has 35 heteroatoms. The summed E-state index contributed by atoms with van der Waals surface area (Å²) in [6.07, 6.45) is 22.7. The summed E-state index contributed by atoms with van der Waals surface area (Å²) < 4.78 is 84.7. The van der Waals surface area contributed by atoms with Crippen LogP contribution in [0.1, 0.15) is 130 Å². The highest BCUT2D eigenvalue weighted by Crippen LogP contribution is 2.26.